The Morgan fingerprint density at radius 2 is 2.21 bits per heavy atom. The third kappa shape index (κ3) is 1.80. The highest BCUT2D eigenvalue weighted by atomic mass is 16.2. The molecule has 2 rings (SSSR count). The van der Waals surface area contributed by atoms with Gasteiger partial charge in [0.2, 0.25) is 0 Å². The van der Waals surface area contributed by atoms with Crippen molar-refractivity contribution in [2.24, 2.45) is 5.92 Å². The summed E-state index contributed by atoms with van der Waals surface area (Å²) in [5.41, 5.74) is 2.81. The first-order chi connectivity index (χ1) is 6.77. The van der Waals surface area contributed by atoms with Crippen molar-refractivity contribution < 1.29 is 4.79 Å². The molecule has 0 aromatic carbocycles. The fourth-order valence-electron chi connectivity index (χ4n) is 1.79. The Hall–Kier alpha value is -1.29. The molecule has 1 saturated heterocycles. The molecule has 2 unspecified atom stereocenters. The van der Waals surface area contributed by atoms with E-state index >= 15 is 0 Å². The summed E-state index contributed by atoms with van der Waals surface area (Å²) in [6.45, 7) is 3.03. The van der Waals surface area contributed by atoms with Crippen LogP contribution in [0.15, 0.2) is 24.5 Å². The lowest BCUT2D eigenvalue weighted by molar-refractivity contribution is -0.119. The normalized spacial score (nSPS) is 26.4. The number of carbonyl (C=O) groups is 1. The van der Waals surface area contributed by atoms with Crippen molar-refractivity contribution in [3.8, 4) is 0 Å². The first-order valence-electron chi connectivity index (χ1n) is 4.94. The summed E-state index contributed by atoms with van der Waals surface area (Å²) < 4.78 is 1.68. The summed E-state index contributed by atoms with van der Waals surface area (Å²) in [7, 11) is 0. The van der Waals surface area contributed by atoms with Gasteiger partial charge in [-0.15, -0.1) is 0 Å². The number of amides is 1. The topological polar surface area (TPSA) is 46.1 Å². The number of rotatable bonds is 2. The Morgan fingerprint density at radius 3 is 2.79 bits per heavy atom. The van der Waals surface area contributed by atoms with E-state index in [4.69, 9.17) is 0 Å². The summed E-state index contributed by atoms with van der Waals surface area (Å²) in [6, 6.07) is 3.72. The van der Waals surface area contributed by atoms with E-state index in [1.54, 1.807) is 4.68 Å². The lowest BCUT2D eigenvalue weighted by Crippen LogP contribution is -2.41. The van der Waals surface area contributed by atoms with Gasteiger partial charge >= 0.3 is 0 Å². The molecule has 1 aliphatic rings. The molecule has 14 heavy (non-hydrogen) atoms. The smallest absolute Gasteiger partial charge is 0.256 e. The molecule has 76 valence electrons. The number of hydrogen-bond acceptors (Lipinski definition) is 2. The standard InChI is InChI=1S/C10H15N3O/c1-8-4-5-11-9(8)10(14)12-13-6-2-3-7-13/h2-3,6-9,11H,4-5H2,1H3,(H,12,14). The molecular weight excluding hydrogens is 178 g/mol. The SMILES string of the molecule is CC1CCNC1C(=O)Nn1cccc1. The largest absolute Gasteiger partial charge is 0.306 e. The van der Waals surface area contributed by atoms with Crippen LogP contribution in [0.4, 0.5) is 0 Å². The van der Waals surface area contributed by atoms with Crippen LogP contribution in [-0.4, -0.2) is 23.2 Å². The fraction of sp³-hybridized carbons (Fsp3) is 0.500. The van der Waals surface area contributed by atoms with Crippen LogP contribution < -0.4 is 10.7 Å². The van der Waals surface area contributed by atoms with E-state index in [-0.39, 0.29) is 11.9 Å². The maximum Gasteiger partial charge on any atom is 0.256 e. The Kier molecular flexibility index (Phi) is 2.54. The summed E-state index contributed by atoms with van der Waals surface area (Å²) >= 11 is 0. The molecule has 1 fully saturated rings. The minimum atomic E-state index is -0.0441. The molecule has 1 aromatic rings. The first-order valence-corrected chi connectivity index (χ1v) is 4.94. The maximum absolute atomic E-state index is 11.7. The zero-order valence-corrected chi connectivity index (χ0v) is 8.23. The van der Waals surface area contributed by atoms with Gasteiger partial charge in [0.15, 0.2) is 0 Å². The van der Waals surface area contributed by atoms with E-state index < -0.39 is 0 Å². The molecular formula is C10H15N3O. The van der Waals surface area contributed by atoms with E-state index in [1.807, 2.05) is 24.5 Å². The number of nitrogens with one attached hydrogen (secondary N) is 2. The average molecular weight is 193 g/mol. The van der Waals surface area contributed by atoms with Gasteiger partial charge in [-0.25, -0.2) is 0 Å². The molecule has 1 aliphatic heterocycles. The zero-order valence-electron chi connectivity index (χ0n) is 8.23. The van der Waals surface area contributed by atoms with Crippen LogP contribution in [0.3, 0.4) is 0 Å². The Balaban J connectivity index is 1.95. The summed E-state index contributed by atoms with van der Waals surface area (Å²) in [6.07, 6.45) is 4.71. The van der Waals surface area contributed by atoms with Crippen LogP contribution in [0.1, 0.15) is 13.3 Å². The van der Waals surface area contributed by atoms with Crippen LogP contribution in [-0.2, 0) is 4.79 Å². The van der Waals surface area contributed by atoms with Crippen LogP contribution in [0.5, 0.6) is 0 Å². The van der Waals surface area contributed by atoms with E-state index in [9.17, 15) is 4.79 Å². The van der Waals surface area contributed by atoms with Crippen molar-refractivity contribution >= 4 is 5.91 Å². The molecule has 0 aliphatic carbocycles. The van der Waals surface area contributed by atoms with Crippen molar-refractivity contribution in [3.05, 3.63) is 24.5 Å². The summed E-state index contributed by atoms with van der Waals surface area (Å²) in [5, 5.41) is 3.19. The highest BCUT2D eigenvalue weighted by molar-refractivity contribution is 5.89. The van der Waals surface area contributed by atoms with Crippen molar-refractivity contribution in [2.75, 3.05) is 12.0 Å². The summed E-state index contributed by atoms with van der Waals surface area (Å²) in [4.78, 5) is 11.7. The Morgan fingerprint density at radius 1 is 1.50 bits per heavy atom. The van der Waals surface area contributed by atoms with Gasteiger partial charge in [-0.05, 0) is 31.0 Å². The molecule has 0 saturated carbocycles. The van der Waals surface area contributed by atoms with Gasteiger partial charge in [0.25, 0.3) is 5.91 Å². The minimum absolute atomic E-state index is 0.0441. The van der Waals surface area contributed by atoms with Crippen molar-refractivity contribution in [1.82, 2.24) is 9.99 Å². The lowest BCUT2D eigenvalue weighted by Gasteiger charge is -2.15. The van der Waals surface area contributed by atoms with Gasteiger partial charge in [-0.3, -0.25) is 14.9 Å². The Labute approximate surface area is 83.3 Å². The van der Waals surface area contributed by atoms with Crippen molar-refractivity contribution in [3.63, 3.8) is 0 Å². The van der Waals surface area contributed by atoms with Gasteiger partial charge in [0, 0.05) is 12.4 Å². The molecule has 2 N–H and O–H groups in total. The molecule has 1 aromatic heterocycles. The highest BCUT2D eigenvalue weighted by Gasteiger charge is 2.29. The molecule has 4 nitrogen and oxygen atoms in total. The van der Waals surface area contributed by atoms with Gasteiger partial charge in [-0.1, -0.05) is 6.92 Å². The molecule has 2 heterocycles. The molecule has 4 heteroatoms. The zero-order chi connectivity index (χ0) is 9.97. The van der Waals surface area contributed by atoms with Crippen molar-refractivity contribution in [2.45, 2.75) is 19.4 Å². The Bertz CT molecular complexity index is 307. The number of hydrogen-bond donors (Lipinski definition) is 2. The maximum atomic E-state index is 11.7. The van der Waals surface area contributed by atoms with Gasteiger partial charge in [-0.2, -0.15) is 0 Å². The second-order valence-corrected chi connectivity index (χ2v) is 3.76. The second-order valence-electron chi connectivity index (χ2n) is 3.76. The van der Waals surface area contributed by atoms with Crippen LogP contribution in [0.2, 0.25) is 0 Å². The summed E-state index contributed by atoms with van der Waals surface area (Å²) in [5.74, 6) is 0.469. The third-order valence-electron chi connectivity index (χ3n) is 2.66. The van der Waals surface area contributed by atoms with E-state index in [2.05, 4.69) is 17.7 Å². The van der Waals surface area contributed by atoms with Gasteiger partial charge < -0.3 is 5.32 Å². The average Bonchev–Trinajstić information content (AvgIpc) is 2.75. The van der Waals surface area contributed by atoms with Gasteiger partial charge in [0.05, 0.1) is 6.04 Å². The first kappa shape index (κ1) is 9.27. The molecule has 0 radical (unpaired) electrons. The van der Waals surface area contributed by atoms with E-state index in [1.165, 1.54) is 0 Å². The predicted molar refractivity (Wildman–Crippen MR) is 54.4 cm³/mol. The molecule has 1 amide bonds. The third-order valence-corrected chi connectivity index (χ3v) is 2.66. The van der Waals surface area contributed by atoms with Crippen LogP contribution in [0, 0.1) is 5.92 Å². The lowest BCUT2D eigenvalue weighted by atomic mass is 10.0. The highest BCUT2D eigenvalue weighted by Crippen LogP contribution is 2.14. The van der Waals surface area contributed by atoms with Gasteiger partial charge in [0.1, 0.15) is 0 Å². The van der Waals surface area contributed by atoms with Crippen LogP contribution >= 0.6 is 0 Å². The number of carbonyl (C=O) groups excluding carboxylic acids is 1. The minimum Gasteiger partial charge on any atom is -0.306 e. The fourth-order valence-corrected chi connectivity index (χ4v) is 1.79. The molecule has 0 spiro atoms. The molecule has 0 bridgehead atoms. The van der Waals surface area contributed by atoms with E-state index in [0.717, 1.165) is 13.0 Å². The second kappa shape index (κ2) is 3.84. The molecule has 2 atom stereocenters. The van der Waals surface area contributed by atoms with Crippen LogP contribution in [0.25, 0.3) is 0 Å². The number of nitrogens with zero attached hydrogens (tertiary/aromatic N) is 1. The quantitative estimate of drug-likeness (QED) is 0.720. The van der Waals surface area contributed by atoms with E-state index in [0.29, 0.717) is 5.92 Å². The van der Waals surface area contributed by atoms with Crippen molar-refractivity contribution in [1.29, 1.82) is 0 Å². The monoisotopic (exact) mass is 193 g/mol. The number of aromatic nitrogens is 1. The predicted octanol–water partition coefficient (Wildman–Crippen LogP) is 0.556.